The van der Waals surface area contributed by atoms with Gasteiger partial charge in [0.1, 0.15) is 0 Å². The molecule has 6 heteroatoms. The Morgan fingerprint density at radius 1 is 1.47 bits per heavy atom. The van der Waals surface area contributed by atoms with Crippen molar-refractivity contribution in [2.45, 2.75) is 6.42 Å². The first-order valence-corrected chi connectivity index (χ1v) is 6.79. The Labute approximate surface area is 116 Å². The molecule has 0 aliphatic carbocycles. The Hall–Kier alpha value is -1.66. The lowest BCUT2D eigenvalue weighted by atomic mass is 10.2. The second kappa shape index (κ2) is 7.70. The standard InChI is InChI=1S/C13H18N2O3S/c1-15(2)7-3-6-14-13(18)10-8-11(19-9-10)4-5-12(16)17/h4-5,8-9H,3,6-7H2,1-2H3,(H,14,18)(H,16,17). The van der Waals surface area contributed by atoms with Crippen LogP contribution in [-0.2, 0) is 4.79 Å². The number of rotatable bonds is 7. The Bertz CT molecular complexity index is 466. The number of thiophene rings is 1. The fourth-order valence-corrected chi connectivity index (χ4v) is 2.19. The van der Waals surface area contributed by atoms with Crippen molar-refractivity contribution in [1.82, 2.24) is 10.2 Å². The van der Waals surface area contributed by atoms with E-state index in [1.165, 1.54) is 17.4 Å². The average Bonchev–Trinajstić information content (AvgIpc) is 2.80. The molecule has 1 heterocycles. The lowest BCUT2D eigenvalue weighted by Gasteiger charge is -2.09. The molecular formula is C13H18N2O3S. The van der Waals surface area contributed by atoms with Crippen LogP contribution in [0.15, 0.2) is 17.5 Å². The molecule has 2 N–H and O–H groups in total. The van der Waals surface area contributed by atoms with Crippen LogP contribution in [0, 0.1) is 0 Å². The molecule has 1 aromatic rings. The highest BCUT2D eigenvalue weighted by molar-refractivity contribution is 7.11. The molecule has 0 aliphatic heterocycles. The molecule has 0 fully saturated rings. The molecule has 104 valence electrons. The number of nitrogens with zero attached hydrogens (tertiary/aromatic N) is 1. The van der Waals surface area contributed by atoms with Crippen LogP contribution in [0.3, 0.4) is 0 Å². The second-order valence-electron chi connectivity index (χ2n) is 4.32. The number of amides is 1. The first kappa shape index (κ1) is 15.4. The zero-order chi connectivity index (χ0) is 14.3. The van der Waals surface area contributed by atoms with Crippen molar-refractivity contribution in [1.29, 1.82) is 0 Å². The Morgan fingerprint density at radius 3 is 2.84 bits per heavy atom. The van der Waals surface area contributed by atoms with Gasteiger partial charge in [0.2, 0.25) is 0 Å². The Balaban J connectivity index is 2.43. The minimum Gasteiger partial charge on any atom is -0.478 e. The summed E-state index contributed by atoms with van der Waals surface area (Å²) < 4.78 is 0. The molecule has 0 atom stereocenters. The topological polar surface area (TPSA) is 69.6 Å². The normalized spacial score (nSPS) is 11.1. The molecule has 0 unspecified atom stereocenters. The van der Waals surface area contributed by atoms with Gasteiger partial charge in [-0.15, -0.1) is 11.3 Å². The van der Waals surface area contributed by atoms with Crippen molar-refractivity contribution in [2.24, 2.45) is 0 Å². The molecular weight excluding hydrogens is 264 g/mol. The number of aliphatic carboxylic acids is 1. The van der Waals surface area contributed by atoms with Gasteiger partial charge in [-0.1, -0.05) is 0 Å². The first-order chi connectivity index (χ1) is 8.99. The van der Waals surface area contributed by atoms with Crippen molar-refractivity contribution in [2.75, 3.05) is 27.2 Å². The largest absolute Gasteiger partial charge is 0.478 e. The highest BCUT2D eigenvalue weighted by atomic mass is 32.1. The maximum atomic E-state index is 11.8. The van der Waals surface area contributed by atoms with Crippen LogP contribution in [-0.4, -0.2) is 49.1 Å². The highest BCUT2D eigenvalue weighted by Crippen LogP contribution is 2.16. The molecule has 1 rings (SSSR count). The third kappa shape index (κ3) is 6.17. The van der Waals surface area contributed by atoms with Crippen LogP contribution in [0.2, 0.25) is 0 Å². The minimum atomic E-state index is -0.997. The van der Waals surface area contributed by atoms with E-state index in [9.17, 15) is 9.59 Å². The average molecular weight is 282 g/mol. The monoisotopic (exact) mass is 282 g/mol. The van der Waals surface area contributed by atoms with E-state index < -0.39 is 5.97 Å². The zero-order valence-electron chi connectivity index (χ0n) is 11.0. The van der Waals surface area contributed by atoms with E-state index in [0.717, 1.165) is 23.9 Å². The SMILES string of the molecule is CN(C)CCCNC(=O)c1csc(C=CC(=O)O)c1. The maximum absolute atomic E-state index is 11.8. The lowest BCUT2D eigenvalue weighted by molar-refractivity contribution is -0.131. The predicted molar refractivity (Wildman–Crippen MR) is 76.5 cm³/mol. The van der Waals surface area contributed by atoms with Gasteiger partial charge in [-0.3, -0.25) is 4.79 Å². The van der Waals surface area contributed by atoms with Gasteiger partial charge in [0.05, 0.1) is 5.56 Å². The summed E-state index contributed by atoms with van der Waals surface area (Å²) in [5.74, 6) is -1.12. The quantitative estimate of drug-likeness (QED) is 0.588. The van der Waals surface area contributed by atoms with Gasteiger partial charge in [-0.25, -0.2) is 4.79 Å². The fourth-order valence-electron chi connectivity index (χ4n) is 1.41. The fraction of sp³-hybridized carbons (Fsp3) is 0.385. The molecule has 0 aromatic carbocycles. The maximum Gasteiger partial charge on any atom is 0.328 e. The number of carbonyl (C=O) groups excluding carboxylic acids is 1. The van der Waals surface area contributed by atoms with Crippen molar-refractivity contribution in [3.05, 3.63) is 28.0 Å². The Morgan fingerprint density at radius 2 is 2.21 bits per heavy atom. The number of hydrogen-bond donors (Lipinski definition) is 2. The van der Waals surface area contributed by atoms with Crippen LogP contribution in [0.25, 0.3) is 6.08 Å². The first-order valence-electron chi connectivity index (χ1n) is 5.91. The minimum absolute atomic E-state index is 0.120. The summed E-state index contributed by atoms with van der Waals surface area (Å²) in [5, 5.41) is 13.1. The van der Waals surface area contributed by atoms with Gasteiger partial charge in [0.25, 0.3) is 5.91 Å². The van der Waals surface area contributed by atoms with E-state index in [0.29, 0.717) is 12.1 Å². The summed E-state index contributed by atoms with van der Waals surface area (Å²) >= 11 is 1.34. The number of nitrogens with one attached hydrogen (secondary N) is 1. The molecule has 1 amide bonds. The van der Waals surface area contributed by atoms with Crippen LogP contribution >= 0.6 is 11.3 Å². The molecule has 0 bridgehead atoms. The molecule has 0 spiro atoms. The molecule has 0 aliphatic rings. The summed E-state index contributed by atoms with van der Waals surface area (Å²) in [5.41, 5.74) is 0.569. The van der Waals surface area contributed by atoms with Gasteiger partial charge in [-0.2, -0.15) is 0 Å². The molecule has 5 nitrogen and oxygen atoms in total. The third-order valence-corrected chi connectivity index (χ3v) is 3.24. The summed E-state index contributed by atoms with van der Waals surface area (Å²) in [4.78, 5) is 25.0. The van der Waals surface area contributed by atoms with Gasteiger partial charge in [0.15, 0.2) is 0 Å². The van der Waals surface area contributed by atoms with E-state index in [2.05, 4.69) is 10.2 Å². The van der Waals surface area contributed by atoms with Crippen LogP contribution in [0.5, 0.6) is 0 Å². The summed E-state index contributed by atoms with van der Waals surface area (Å²) in [6.07, 6.45) is 3.44. The number of carbonyl (C=O) groups is 2. The number of hydrogen-bond acceptors (Lipinski definition) is 4. The number of carboxylic acid groups (broad SMARTS) is 1. The second-order valence-corrected chi connectivity index (χ2v) is 5.26. The molecule has 0 saturated heterocycles. The van der Waals surface area contributed by atoms with Crippen molar-refractivity contribution in [3.8, 4) is 0 Å². The van der Waals surface area contributed by atoms with E-state index in [-0.39, 0.29) is 5.91 Å². The van der Waals surface area contributed by atoms with Crippen LogP contribution in [0.1, 0.15) is 21.7 Å². The van der Waals surface area contributed by atoms with Crippen LogP contribution in [0.4, 0.5) is 0 Å². The lowest BCUT2D eigenvalue weighted by Crippen LogP contribution is -2.26. The van der Waals surface area contributed by atoms with Crippen LogP contribution < -0.4 is 5.32 Å². The zero-order valence-corrected chi connectivity index (χ0v) is 11.9. The van der Waals surface area contributed by atoms with Crippen molar-refractivity contribution < 1.29 is 14.7 Å². The molecule has 0 radical (unpaired) electrons. The van der Waals surface area contributed by atoms with E-state index in [1.807, 2.05) is 14.1 Å². The highest BCUT2D eigenvalue weighted by Gasteiger charge is 2.07. The molecule has 0 saturated carbocycles. The predicted octanol–water partition coefficient (Wildman–Crippen LogP) is 1.53. The Kier molecular flexibility index (Phi) is 6.24. The third-order valence-electron chi connectivity index (χ3n) is 2.34. The van der Waals surface area contributed by atoms with Crippen molar-refractivity contribution in [3.63, 3.8) is 0 Å². The smallest absolute Gasteiger partial charge is 0.328 e. The van der Waals surface area contributed by atoms with E-state index in [1.54, 1.807) is 11.4 Å². The van der Waals surface area contributed by atoms with Gasteiger partial charge in [0, 0.05) is 22.9 Å². The van der Waals surface area contributed by atoms with Gasteiger partial charge < -0.3 is 15.3 Å². The summed E-state index contributed by atoms with van der Waals surface area (Å²) in [6, 6.07) is 1.69. The molecule has 1 aromatic heterocycles. The van der Waals surface area contributed by atoms with Crippen molar-refractivity contribution >= 4 is 29.3 Å². The summed E-state index contributed by atoms with van der Waals surface area (Å²) in [6.45, 7) is 1.56. The van der Waals surface area contributed by atoms with Gasteiger partial charge >= 0.3 is 5.97 Å². The van der Waals surface area contributed by atoms with Gasteiger partial charge in [-0.05, 0) is 39.2 Å². The molecule has 19 heavy (non-hydrogen) atoms. The van der Waals surface area contributed by atoms with E-state index >= 15 is 0 Å². The van der Waals surface area contributed by atoms with E-state index in [4.69, 9.17) is 5.11 Å². The summed E-state index contributed by atoms with van der Waals surface area (Å²) in [7, 11) is 3.98. The number of carboxylic acids is 1.